The molecule has 1 aliphatic rings. The van der Waals surface area contributed by atoms with E-state index in [1.54, 1.807) is 38.4 Å². The predicted molar refractivity (Wildman–Crippen MR) is 127 cm³/mol. The zero-order valence-electron chi connectivity index (χ0n) is 21.0. The van der Waals surface area contributed by atoms with Crippen molar-refractivity contribution in [3.63, 3.8) is 0 Å². The fourth-order valence-electron chi connectivity index (χ4n) is 4.36. The van der Waals surface area contributed by atoms with Gasteiger partial charge in [0, 0.05) is 26.2 Å². The molecule has 0 radical (unpaired) electrons. The number of tetrazole rings is 1. The Kier molecular flexibility index (Phi) is 6.97. The van der Waals surface area contributed by atoms with Crippen molar-refractivity contribution in [3.05, 3.63) is 47.7 Å². The summed E-state index contributed by atoms with van der Waals surface area (Å²) < 4.78 is 23.9. The van der Waals surface area contributed by atoms with Gasteiger partial charge in [0.05, 0.1) is 39.2 Å². The molecule has 1 amide bonds. The highest BCUT2D eigenvalue weighted by Gasteiger charge is 2.35. The number of carbonyl (C=O) groups is 1. The molecule has 0 spiro atoms. The summed E-state index contributed by atoms with van der Waals surface area (Å²) in [5, 5.41) is 12.7. The SMILES string of the molecule is COc1cc([C@H](c2nnnn2C(C)(C)C)N2CCN(C(=O)c3ccco3)CC2)cc(OC)c1OC. The standard InChI is InChI=1S/C24H32N6O5/c1-24(2,3)30-22(25-26-27-30)20(16-14-18(32-4)21(34-6)19(15-16)33-5)28-9-11-29(12-10-28)23(31)17-8-7-13-35-17/h7-8,13-15,20H,9-12H2,1-6H3/t20-/m1/s1. The van der Waals surface area contributed by atoms with Gasteiger partial charge in [0.15, 0.2) is 23.1 Å². The van der Waals surface area contributed by atoms with Crippen molar-refractivity contribution >= 4 is 5.91 Å². The van der Waals surface area contributed by atoms with Crippen LogP contribution in [-0.4, -0.2) is 83.4 Å². The van der Waals surface area contributed by atoms with Gasteiger partial charge in [-0.05, 0) is 61.0 Å². The Labute approximate surface area is 204 Å². The van der Waals surface area contributed by atoms with Crippen molar-refractivity contribution in [2.75, 3.05) is 47.5 Å². The fraction of sp³-hybridized carbons (Fsp3) is 0.500. The number of piperazine rings is 1. The van der Waals surface area contributed by atoms with Crippen LogP contribution >= 0.6 is 0 Å². The molecule has 3 aromatic rings. The zero-order valence-corrected chi connectivity index (χ0v) is 21.0. The largest absolute Gasteiger partial charge is 0.493 e. The summed E-state index contributed by atoms with van der Waals surface area (Å²) in [5.74, 6) is 2.54. The van der Waals surface area contributed by atoms with Gasteiger partial charge in [0.25, 0.3) is 5.91 Å². The molecule has 0 saturated carbocycles. The molecule has 3 heterocycles. The van der Waals surface area contributed by atoms with E-state index in [9.17, 15) is 4.79 Å². The molecular weight excluding hydrogens is 452 g/mol. The maximum atomic E-state index is 12.8. The Morgan fingerprint density at radius 1 is 1.03 bits per heavy atom. The third kappa shape index (κ3) is 4.81. The number of benzene rings is 1. The second-order valence-electron chi connectivity index (χ2n) is 9.29. The molecule has 0 bridgehead atoms. The lowest BCUT2D eigenvalue weighted by molar-refractivity contribution is 0.0556. The molecule has 1 fully saturated rings. The van der Waals surface area contributed by atoms with Gasteiger partial charge in [-0.3, -0.25) is 9.69 Å². The van der Waals surface area contributed by atoms with Gasteiger partial charge >= 0.3 is 0 Å². The van der Waals surface area contributed by atoms with Crippen LogP contribution in [0, 0.1) is 0 Å². The maximum Gasteiger partial charge on any atom is 0.289 e. The van der Waals surface area contributed by atoms with Gasteiger partial charge in [-0.15, -0.1) is 5.10 Å². The number of rotatable bonds is 7. The molecule has 11 nitrogen and oxygen atoms in total. The van der Waals surface area contributed by atoms with E-state index in [2.05, 4.69) is 41.2 Å². The number of carbonyl (C=O) groups excluding carboxylic acids is 1. The number of methoxy groups -OCH3 is 3. The van der Waals surface area contributed by atoms with Gasteiger partial charge in [-0.1, -0.05) is 0 Å². The average Bonchev–Trinajstić information content (AvgIpc) is 3.56. The third-order valence-corrected chi connectivity index (χ3v) is 6.07. The number of amides is 1. The maximum absolute atomic E-state index is 12.8. The summed E-state index contributed by atoms with van der Waals surface area (Å²) in [5.41, 5.74) is 0.556. The number of aromatic nitrogens is 4. The van der Waals surface area contributed by atoms with Crippen LogP contribution in [0.3, 0.4) is 0 Å². The van der Waals surface area contributed by atoms with Crippen LogP contribution in [-0.2, 0) is 5.54 Å². The highest BCUT2D eigenvalue weighted by molar-refractivity contribution is 5.91. The van der Waals surface area contributed by atoms with Gasteiger partial charge in [0.2, 0.25) is 5.75 Å². The Morgan fingerprint density at radius 3 is 2.20 bits per heavy atom. The van der Waals surface area contributed by atoms with E-state index in [1.165, 1.54) is 6.26 Å². The van der Waals surface area contributed by atoms with Crippen molar-refractivity contribution < 1.29 is 23.4 Å². The molecule has 1 saturated heterocycles. The molecule has 0 aliphatic carbocycles. The minimum atomic E-state index is -0.338. The Balaban J connectivity index is 1.72. The lowest BCUT2D eigenvalue weighted by Gasteiger charge is -2.39. The molecule has 1 atom stereocenters. The van der Waals surface area contributed by atoms with Crippen molar-refractivity contribution in [2.45, 2.75) is 32.4 Å². The van der Waals surface area contributed by atoms with E-state index < -0.39 is 0 Å². The van der Waals surface area contributed by atoms with Gasteiger partial charge in [0.1, 0.15) is 0 Å². The molecule has 35 heavy (non-hydrogen) atoms. The van der Waals surface area contributed by atoms with Crippen LogP contribution in [0.5, 0.6) is 17.2 Å². The number of furan rings is 1. The van der Waals surface area contributed by atoms with E-state index in [1.807, 2.05) is 16.8 Å². The number of hydrogen-bond donors (Lipinski definition) is 0. The second-order valence-corrected chi connectivity index (χ2v) is 9.29. The zero-order chi connectivity index (χ0) is 25.2. The molecule has 2 aromatic heterocycles. The molecule has 4 rings (SSSR count). The Bertz CT molecular complexity index is 1120. The van der Waals surface area contributed by atoms with Crippen LogP contribution in [0.15, 0.2) is 34.9 Å². The first-order valence-corrected chi connectivity index (χ1v) is 11.4. The third-order valence-electron chi connectivity index (χ3n) is 6.07. The number of ether oxygens (including phenoxy) is 3. The quantitative estimate of drug-likeness (QED) is 0.500. The smallest absolute Gasteiger partial charge is 0.289 e. The van der Waals surface area contributed by atoms with Crippen molar-refractivity contribution in [1.29, 1.82) is 0 Å². The van der Waals surface area contributed by atoms with Crippen LogP contribution < -0.4 is 14.2 Å². The lowest BCUT2D eigenvalue weighted by atomic mass is 10.00. The van der Waals surface area contributed by atoms with Gasteiger partial charge in [-0.2, -0.15) is 0 Å². The Morgan fingerprint density at radius 2 is 1.69 bits per heavy atom. The molecular formula is C24H32N6O5. The van der Waals surface area contributed by atoms with Crippen molar-refractivity contribution in [1.82, 2.24) is 30.0 Å². The van der Waals surface area contributed by atoms with Crippen LogP contribution in [0.2, 0.25) is 0 Å². The molecule has 0 unspecified atom stereocenters. The monoisotopic (exact) mass is 484 g/mol. The highest BCUT2D eigenvalue weighted by atomic mass is 16.5. The summed E-state index contributed by atoms with van der Waals surface area (Å²) in [4.78, 5) is 16.9. The molecule has 1 aromatic carbocycles. The van der Waals surface area contributed by atoms with Crippen molar-refractivity contribution in [2.24, 2.45) is 0 Å². The molecule has 11 heteroatoms. The van der Waals surface area contributed by atoms with Crippen LogP contribution in [0.25, 0.3) is 0 Å². The van der Waals surface area contributed by atoms with E-state index in [4.69, 9.17) is 18.6 Å². The first-order chi connectivity index (χ1) is 16.8. The summed E-state index contributed by atoms with van der Waals surface area (Å²) in [6.45, 7) is 8.47. The van der Waals surface area contributed by atoms with Gasteiger partial charge < -0.3 is 23.5 Å². The van der Waals surface area contributed by atoms with Crippen molar-refractivity contribution in [3.8, 4) is 17.2 Å². The molecule has 0 N–H and O–H groups in total. The number of hydrogen-bond acceptors (Lipinski definition) is 9. The van der Waals surface area contributed by atoms with E-state index in [-0.39, 0.29) is 17.5 Å². The van der Waals surface area contributed by atoms with E-state index in [0.29, 0.717) is 55.0 Å². The summed E-state index contributed by atoms with van der Waals surface area (Å²) in [6, 6.07) is 6.95. The van der Waals surface area contributed by atoms with E-state index in [0.717, 1.165) is 5.56 Å². The topological polar surface area (TPSA) is 108 Å². The fourth-order valence-corrected chi connectivity index (χ4v) is 4.36. The lowest BCUT2D eigenvalue weighted by Crippen LogP contribution is -2.50. The highest BCUT2D eigenvalue weighted by Crippen LogP contribution is 2.42. The number of nitrogens with zero attached hydrogens (tertiary/aromatic N) is 6. The van der Waals surface area contributed by atoms with Gasteiger partial charge in [-0.25, -0.2) is 4.68 Å². The normalized spacial score (nSPS) is 15.7. The summed E-state index contributed by atoms with van der Waals surface area (Å²) in [7, 11) is 4.76. The second kappa shape index (κ2) is 9.95. The summed E-state index contributed by atoms with van der Waals surface area (Å²) in [6.07, 6.45) is 1.51. The van der Waals surface area contributed by atoms with Crippen LogP contribution in [0.4, 0.5) is 0 Å². The molecule has 188 valence electrons. The predicted octanol–water partition coefficient (Wildman–Crippen LogP) is 2.59. The van der Waals surface area contributed by atoms with E-state index >= 15 is 0 Å². The minimum absolute atomic E-state index is 0.112. The Hall–Kier alpha value is -3.60. The minimum Gasteiger partial charge on any atom is -0.493 e. The first-order valence-electron chi connectivity index (χ1n) is 11.4. The molecule has 1 aliphatic heterocycles. The first kappa shape index (κ1) is 24.5. The summed E-state index contributed by atoms with van der Waals surface area (Å²) >= 11 is 0. The van der Waals surface area contributed by atoms with Crippen LogP contribution in [0.1, 0.15) is 48.8 Å². The average molecular weight is 485 g/mol.